The van der Waals surface area contributed by atoms with Gasteiger partial charge in [0.1, 0.15) is 6.54 Å². The van der Waals surface area contributed by atoms with Crippen molar-refractivity contribution in [2.24, 2.45) is 0 Å². The van der Waals surface area contributed by atoms with Gasteiger partial charge >= 0.3 is 5.97 Å². The van der Waals surface area contributed by atoms with Crippen molar-refractivity contribution in [3.8, 4) is 0 Å². The number of carboxylic acid groups (broad SMARTS) is 1. The number of nitrogens with one attached hydrogen (secondary N) is 1. The minimum Gasteiger partial charge on any atom is -0.480 e. The fourth-order valence-corrected chi connectivity index (χ4v) is 2.82. The first-order chi connectivity index (χ1) is 10.1. The van der Waals surface area contributed by atoms with Crippen LogP contribution in [0.5, 0.6) is 0 Å². The summed E-state index contributed by atoms with van der Waals surface area (Å²) in [7, 11) is 0. The molecule has 1 fully saturated rings. The molecule has 0 spiro atoms. The molecule has 1 aromatic carbocycles. The van der Waals surface area contributed by atoms with Crippen LogP contribution in [-0.4, -0.2) is 47.6 Å². The highest BCUT2D eigenvalue weighted by molar-refractivity contribution is 5.82. The van der Waals surface area contributed by atoms with Gasteiger partial charge in [-0.3, -0.25) is 14.5 Å². The van der Waals surface area contributed by atoms with Crippen molar-refractivity contribution in [2.45, 2.75) is 31.7 Å². The maximum Gasteiger partial charge on any atom is 0.322 e. The zero-order valence-electron chi connectivity index (χ0n) is 12.1. The van der Waals surface area contributed by atoms with Gasteiger partial charge in [0, 0.05) is 6.04 Å². The number of hydrogen-bond donors (Lipinski definition) is 2. The van der Waals surface area contributed by atoms with Crippen molar-refractivity contribution in [3.63, 3.8) is 0 Å². The van der Waals surface area contributed by atoms with E-state index in [1.54, 1.807) is 0 Å². The van der Waals surface area contributed by atoms with E-state index in [1.165, 1.54) is 5.56 Å². The smallest absolute Gasteiger partial charge is 0.322 e. The maximum absolute atomic E-state index is 11.7. The number of carbonyl (C=O) groups is 2. The van der Waals surface area contributed by atoms with Gasteiger partial charge in [-0.2, -0.15) is 0 Å². The fourth-order valence-electron chi connectivity index (χ4n) is 2.82. The maximum atomic E-state index is 11.7. The summed E-state index contributed by atoms with van der Waals surface area (Å²) in [4.78, 5) is 24.3. The minimum absolute atomic E-state index is 0.205. The average molecular weight is 290 g/mol. The van der Waals surface area contributed by atoms with E-state index >= 15 is 0 Å². The second-order valence-corrected chi connectivity index (χ2v) is 5.46. The highest BCUT2D eigenvalue weighted by Gasteiger charge is 2.25. The van der Waals surface area contributed by atoms with Crippen LogP contribution in [0.3, 0.4) is 0 Å². The Balaban J connectivity index is 1.77. The number of hydrogen-bond acceptors (Lipinski definition) is 3. The summed E-state index contributed by atoms with van der Waals surface area (Å²) in [5, 5.41) is 11.0. The van der Waals surface area contributed by atoms with Gasteiger partial charge in [-0.05, 0) is 37.8 Å². The van der Waals surface area contributed by atoms with Gasteiger partial charge in [0.2, 0.25) is 5.91 Å². The number of aryl methyl sites for hydroxylation is 1. The molecule has 5 heteroatoms. The van der Waals surface area contributed by atoms with E-state index in [0.717, 1.165) is 32.2 Å². The molecule has 0 bridgehead atoms. The SMILES string of the molecule is O=C(O)CNC(=O)CN1CCC[C@H]1CCc1ccccc1. The Bertz CT molecular complexity index is 476. The van der Waals surface area contributed by atoms with E-state index in [2.05, 4.69) is 22.3 Å². The van der Waals surface area contributed by atoms with E-state index in [0.29, 0.717) is 12.6 Å². The molecule has 2 rings (SSSR count). The van der Waals surface area contributed by atoms with Crippen LogP contribution in [0.2, 0.25) is 0 Å². The van der Waals surface area contributed by atoms with Gasteiger partial charge in [-0.15, -0.1) is 0 Å². The van der Waals surface area contributed by atoms with Gasteiger partial charge in [0.25, 0.3) is 0 Å². The summed E-state index contributed by atoms with van der Waals surface area (Å²) in [6.07, 6.45) is 4.26. The van der Waals surface area contributed by atoms with Crippen molar-refractivity contribution in [1.29, 1.82) is 0 Å². The molecule has 0 aromatic heterocycles. The van der Waals surface area contributed by atoms with Crippen LogP contribution < -0.4 is 5.32 Å². The summed E-state index contributed by atoms with van der Waals surface area (Å²) in [6, 6.07) is 10.8. The second kappa shape index (κ2) is 7.78. The monoisotopic (exact) mass is 290 g/mol. The molecular formula is C16H22N2O3. The third kappa shape index (κ3) is 5.19. The first-order valence-electron chi connectivity index (χ1n) is 7.41. The molecule has 0 radical (unpaired) electrons. The first-order valence-corrected chi connectivity index (χ1v) is 7.41. The highest BCUT2D eigenvalue weighted by Crippen LogP contribution is 2.21. The number of carbonyl (C=O) groups excluding carboxylic acids is 1. The standard InChI is InChI=1S/C16H22N2O3/c19-15(17-11-16(20)21)12-18-10-4-7-14(18)9-8-13-5-2-1-3-6-13/h1-3,5-6,14H,4,7-12H2,(H,17,19)(H,20,21)/t14-/m0/s1. The Kier molecular flexibility index (Phi) is 5.75. The number of likely N-dealkylation sites (tertiary alicyclic amines) is 1. The third-order valence-electron chi connectivity index (χ3n) is 3.89. The van der Waals surface area contributed by atoms with Crippen LogP contribution in [0.15, 0.2) is 30.3 Å². The third-order valence-corrected chi connectivity index (χ3v) is 3.89. The molecule has 1 aliphatic rings. The molecule has 1 aliphatic heterocycles. The van der Waals surface area contributed by atoms with Crippen LogP contribution in [0.25, 0.3) is 0 Å². The van der Waals surface area contributed by atoms with E-state index in [1.807, 2.05) is 18.2 Å². The number of carboxylic acids is 1. The van der Waals surface area contributed by atoms with Crippen molar-refractivity contribution in [1.82, 2.24) is 10.2 Å². The molecule has 21 heavy (non-hydrogen) atoms. The van der Waals surface area contributed by atoms with Crippen molar-refractivity contribution >= 4 is 11.9 Å². The van der Waals surface area contributed by atoms with Crippen molar-refractivity contribution < 1.29 is 14.7 Å². The fraction of sp³-hybridized carbons (Fsp3) is 0.500. The van der Waals surface area contributed by atoms with Crippen LogP contribution in [0, 0.1) is 0 Å². The first kappa shape index (κ1) is 15.5. The quantitative estimate of drug-likeness (QED) is 0.794. The molecule has 0 unspecified atom stereocenters. The summed E-state index contributed by atoms with van der Waals surface area (Å²) in [5.41, 5.74) is 1.32. The van der Waals surface area contributed by atoms with Crippen LogP contribution in [0.4, 0.5) is 0 Å². The van der Waals surface area contributed by atoms with Gasteiger partial charge < -0.3 is 10.4 Å². The zero-order valence-corrected chi connectivity index (χ0v) is 12.1. The van der Waals surface area contributed by atoms with E-state index in [4.69, 9.17) is 5.11 Å². The summed E-state index contributed by atoms with van der Waals surface area (Å²) >= 11 is 0. The summed E-state index contributed by atoms with van der Waals surface area (Å²) < 4.78 is 0. The van der Waals surface area contributed by atoms with Gasteiger partial charge in [0.15, 0.2) is 0 Å². The van der Waals surface area contributed by atoms with E-state index in [-0.39, 0.29) is 12.5 Å². The Morgan fingerprint density at radius 1 is 1.29 bits per heavy atom. The normalized spacial score (nSPS) is 18.6. The predicted molar refractivity (Wildman–Crippen MR) is 80.0 cm³/mol. The lowest BCUT2D eigenvalue weighted by Crippen LogP contribution is -2.41. The molecule has 5 nitrogen and oxygen atoms in total. The van der Waals surface area contributed by atoms with Crippen LogP contribution in [0.1, 0.15) is 24.8 Å². The molecular weight excluding hydrogens is 268 g/mol. The molecule has 0 aliphatic carbocycles. The van der Waals surface area contributed by atoms with E-state index in [9.17, 15) is 9.59 Å². The lowest BCUT2D eigenvalue weighted by molar-refractivity contribution is -0.138. The Labute approximate surface area is 125 Å². The number of aliphatic carboxylic acids is 1. The number of rotatable bonds is 7. The average Bonchev–Trinajstić information content (AvgIpc) is 2.91. The highest BCUT2D eigenvalue weighted by atomic mass is 16.4. The zero-order chi connectivity index (χ0) is 15.1. The largest absolute Gasteiger partial charge is 0.480 e. The molecule has 1 amide bonds. The molecule has 1 saturated heterocycles. The molecule has 114 valence electrons. The van der Waals surface area contributed by atoms with Crippen molar-refractivity contribution in [3.05, 3.63) is 35.9 Å². The summed E-state index contributed by atoms with van der Waals surface area (Å²) in [6.45, 7) is 0.911. The van der Waals surface area contributed by atoms with E-state index < -0.39 is 5.97 Å². The molecule has 0 saturated carbocycles. The molecule has 2 N–H and O–H groups in total. The number of amides is 1. The van der Waals surface area contributed by atoms with Gasteiger partial charge in [-0.25, -0.2) is 0 Å². The van der Waals surface area contributed by atoms with Crippen molar-refractivity contribution in [2.75, 3.05) is 19.6 Å². The van der Waals surface area contributed by atoms with Crippen LogP contribution in [-0.2, 0) is 16.0 Å². The molecule has 1 atom stereocenters. The van der Waals surface area contributed by atoms with Gasteiger partial charge in [0.05, 0.1) is 6.54 Å². The Morgan fingerprint density at radius 3 is 2.76 bits per heavy atom. The topological polar surface area (TPSA) is 69.6 Å². The number of benzene rings is 1. The number of nitrogens with zero attached hydrogens (tertiary/aromatic N) is 1. The second-order valence-electron chi connectivity index (χ2n) is 5.46. The lowest BCUT2D eigenvalue weighted by Gasteiger charge is -2.23. The molecule has 1 aromatic rings. The Hall–Kier alpha value is -1.88. The Morgan fingerprint density at radius 2 is 2.05 bits per heavy atom. The van der Waals surface area contributed by atoms with Crippen LogP contribution >= 0.6 is 0 Å². The minimum atomic E-state index is -1.01. The summed E-state index contributed by atoms with van der Waals surface area (Å²) in [5.74, 6) is -1.21. The van der Waals surface area contributed by atoms with Gasteiger partial charge in [-0.1, -0.05) is 30.3 Å². The lowest BCUT2D eigenvalue weighted by atomic mass is 10.0. The molecule has 1 heterocycles. The predicted octanol–water partition coefficient (Wildman–Crippen LogP) is 1.28.